The highest BCUT2D eigenvalue weighted by molar-refractivity contribution is 5.96. The molecule has 4 heteroatoms. The molecule has 0 spiro atoms. The smallest absolute Gasteiger partial charge is 0.290 e. The van der Waals surface area contributed by atoms with Gasteiger partial charge in [-0.05, 0) is 19.9 Å². The fourth-order valence-corrected chi connectivity index (χ4v) is 1.68. The predicted molar refractivity (Wildman–Crippen MR) is 57.3 cm³/mol. The Kier molecular flexibility index (Phi) is 2.58. The zero-order valence-corrected chi connectivity index (χ0v) is 8.99. The summed E-state index contributed by atoms with van der Waals surface area (Å²) in [7, 11) is 0. The summed E-state index contributed by atoms with van der Waals surface area (Å²) in [6, 6.07) is 1.80. The Bertz CT molecular complexity index is 406. The third kappa shape index (κ3) is 1.93. The fraction of sp³-hybridized carbons (Fsp3) is 0.455. The first-order valence-corrected chi connectivity index (χ1v) is 5.02. The van der Waals surface area contributed by atoms with Crippen LogP contribution in [0.1, 0.15) is 23.0 Å². The van der Waals surface area contributed by atoms with Crippen molar-refractivity contribution in [1.82, 2.24) is 4.90 Å². The summed E-state index contributed by atoms with van der Waals surface area (Å²) in [6.45, 7) is 5.79. The maximum Gasteiger partial charge on any atom is 0.290 e. The molecule has 1 amide bonds. The van der Waals surface area contributed by atoms with Crippen molar-refractivity contribution in [2.75, 3.05) is 19.6 Å². The van der Waals surface area contributed by atoms with E-state index in [1.807, 2.05) is 13.8 Å². The lowest BCUT2D eigenvalue weighted by Gasteiger charge is -2.24. The number of furan rings is 1. The fourth-order valence-electron chi connectivity index (χ4n) is 1.68. The highest BCUT2D eigenvalue weighted by Crippen LogP contribution is 2.13. The summed E-state index contributed by atoms with van der Waals surface area (Å²) in [4.78, 5) is 18.0. The Balaban J connectivity index is 2.16. The molecule has 2 heterocycles. The maximum absolute atomic E-state index is 12.0. The standard InChI is InChI=1S/C11H14N2O2/c1-8-3-6-15-10(8)11(14)13-5-4-12-9(2)7-13/h3,6H,4-5,7H2,1-2H3. The van der Waals surface area contributed by atoms with Gasteiger partial charge in [0, 0.05) is 17.8 Å². The van der Waals surface area contributed by atoms with Gasteiger partial charge in [0.1, 0.15) is 0 Å². The van der Waals surface area contributed by atoms with Crippen molar-refractivity contribution in [3.05, 3.63) is 23.7 Å². The van der Waals surface area contributed by atoms with Crippen molar-refractivity contribution < 1.29 is 9.21 Å². The predicted octanol–water partition coefficient (Wildman–Crippen LogP) is 1.50. The Morgan fingerprint density at radius 1 is 1.53 bits per heavy atom. The van der Waals surface area contributed by atoms with Crippen LogP contribution in [0.4, 0.5) is 0 Å². The molecule has 1 aromatic rings. The second kappa shape index (κ2) is 3.88. The monoisotopic (exact) mass is 206 g/mol. The van der Waals surface area contributed by atoms with Crippen molar-refractivity contribution in [3.8, 4) is 0 Å². The Hall–Kier alpha value is -1.58. The highest BCUT2D eigenvalue weighted by atomic mass is 16.3. The number of hydrogen-bond acceptors (Lipinski definition) is 3. The second-order valence-electron chi connectivity index (χ2n) is 3.78. The van der Waals surface area contributed by atoms with Gasteiger partial charge in [0.15, 0.2) is 5.76 Å². The van der Waals surface area contributed by atoms with Crippen LogP contribution in [0.15, 0.2) is 21.7 Å². The number of hydrogen-bond donors (Lipinski definition) is 0. The Morgan fingerprint density at radius 3 is 2.93 bits per heavy atom. The third-order valence-electron chi connectivity index (χ3n) is 2.51. The zero-order chi connectivity index (χ0) is 10.8. The van der Waals surface area contributed by atoms with Gasteiger partial charge < -0.3 is 9.32 Å². The molecular formula is C11H14N2O2. The minimum atomic E-state index is -0.0354. The molecule has 0 atom stereocenters. The van der Waals surface area contributed by atoms with E-state index in [2.05, 4.69) is 4.99 Å². The number of carbonyl (C=O) groups excluding carboxylic acids is 1. The number of aryl methyl sites for hydroxylation is 1. The quantitative estimate of drug-likeness (QED) is 0.699. The SMILES string of the molecule is CC1=NCCN(C(=O)c2occc2C)C1. The molecule has 1 aliphatic rings. The summed E-state index contributed by atoms with van der Waals surface area (Å²) < 4.78 is 5.18. The average Bonchev–Trinajstić information content (AvgIpc) is 2.63. The van der Waals surface area contributed by atoms with E-state index >= 15 is 0 Å². The molecule has 0 aromatic carbocycles. The van der Waals surface area contributed by atoms with Crippen LogP contribution in [0.3, 0.4) is 0 Å². The molecule has 0 bridgehead atoms. The van der Waals surface area contributed by atoms with Crippen LogP contribution < -0.4 is 0 Å². The molecule has 0 aliphatic carbocycles. The Morgan fingerprint density at radius 2 is 2.33 bits per heavy atom. The molecule has 80 valence electrons. The molecule has 0 unspecified atom stereocenters. The van der Waals surface area contributed by atoms with E-state index in [-0.39, 0.29) is 5.91 Å². The first-order valence-electron chi connectivity index (χ1n) is 5.02. The molecule has 4 nitrogen and oxygen atoms in total. The van der Waals surface area contributed by atoms with Crippen LogP contribution in [0.2, 0.25) is 0 Å². The molecule has 2 rings (SSSR count). The van der Waals surface area contributed by atoms with Crippen molar-refractivity contribution in [2.45, 2.75) is 13.8 Å². The normalized spacial score (nSPS) is 16.4. The average molecular weight is 206 g/mol. The van der Waals surface area contributed by atoms with E-state index in [0.29, 0.717) is 25.4 Å². The summed E-state index contributed by atoms with van der Waals surface area (Å²) in [6.07, 6.45) is 1.55. The lowest BCUT2D eigenvalue weighted by Crippen LogP contribution is -2.40. The van der Waals surface area contributed by atoms with Crippen molar-refractivity contribution in [2.24, 2.45) is 4.99 Å². The molecule has 15 heavy (non-hydrogen) atoms. The molecule has 0 saturated heterocycles. The van der Waals surface area contributed by atoms with Crippen LogP contribution in [0.25, 0.3) is 0 Å². The van der Waals surface area contributed by atoms with Crippen LogP contribution in [0, 0.1) is 6.92 Å². The van der Waals surface area contributed by atoms with Gasteiger partial charge in [0.2, 0.25) is 0 Å². The highest BCUT2D eigenvalue weighted by Gasteiger charge is 2.22. The summed E-state index contributed by atoms with van der Waals surface area (Å²) in [5, 5.41) is 0. The maximum atomic E-state index is 12.0. The summed E-state index contributed by atoms with van der Waals surface area (Å²) in [5.41, 5.74) is 1.89. The summed E-state index contributed by atoms with van der Waals surface area (Å²) in [5.74, 6) is 0.413. The van der Waals surface area contributed by atoms with E-state index in [1.165, 1.54) is 0 Å². The van der Waals surface area contributed by atoms with Crippen LogP contribution in [-0.4, -0.2) is 36.2 Å². The molecule has 0 fully saturated rings. The molecule has 0 saturated carbocycles. The van der Waals surface area contributed by atoms with Gasteiger partial charge >= 0.3 is 0 Å². The minimum Gasteiger partial charge on any atom is -0.459 e. The Labute approximate surface area is 88.6 Å². The van der Waals surface area contributed by atoms with E-state index in [4.69, 9.17) is 4.42 Å². The van der Waals surface area contributed by atoms with Crippen LogP contribution >= 0.6 is 0 Å². The number of nitrogens with zero attached hydrogens (tertiary/aromatic N) is 2. The van der Waals surface area contributed by atoms with Gasteiger partial charge in [-0.1, -0.05) is 0 Å². The lowest BCUT2D eigenvalue weighted by atomic mass is 10.2. The van der Waals surface area contributed by atoms with Crippen molar-refractivity contribution >= 4 is 11.6 Å². The largest absolute Gasteiger partial charge is 0.459 e. The van der Waals surface area contributed by atoms with Gasteiger partial charge in [0.25, 0.3) is 5.91 Å². The van der Waals surface area contributed by atoms with Gasteiger partial charge in [-0.3, -0.25) is 9.79 Å². The number of rotatable bonds is 1. The number of aliphatic imine (C=N–C) groups is 1. The second-order valence-corrected chi connectivity index (χ2v) is 3.78. The van der Waals surface area contributed by atoms with E-state index < -0.39 is 0 Å². The molecule has 1 aliphatic heterocycles. The minimum absolute atomic E-state index is 0.0354. The number of carbonyl (C=O) groups is 1. The third-order valence-corrected chi connectivity index (χ3v) is 2.51. The van der Waals surface area contributed by atoms with E-state index in [0.717, 1.165) is 11.3 Å². The van der Waals surface area contributed by atoms with Crippen LogP contribution in [-0.2, 0) is 0 Å². The van der Waals surface area contributed by atoms with E-state index in [9.17, 15) is 4.79 Å². The van der Waals surface area contributed by atoms with Crippen molar-refractivity contribution in [1.29, 1.82) is 0 Å². The topological polar surface area (TPSA) is 45.8 Å². The molecule has 1 aromatic heterocycles. The number of amides is 1. The van der Waals surface area contributed by atoms with Gasteiger partial charge in [0.05, 0.1) is 19.4 Å². The first kappa shape index (κ1) is 9.96. The van der Waals surface area contributed by atoms with Crippen LogP contribution in [0.5, 0.6) is 0 Å². The summed E-state index contributed by atoms with van der Waals surface area (Å²) >= 11 is 0. The molecule has 0 radical (unpaired) electrons. The lowest BCUT2D eigenvalue weighted by molar-refractivity contribution is 0.0746. The van der Waals surface area contributed by atoms with E-state index in [1.54, 1.807) is 17.2 Å². The van der Waals surface area contributed by atoms with Crippen molar-refractivity contribution in [3.63, 3.8) is 0 Å². The molecule has 0 N–H and O–H groups in total. The molecular weight excluding hydrogens is 192 g/mol. The van der Waals surface area contributed by atoms with Gasteiger partial charge in [-0.2, -0.15) is 0 Å². The van der Waals surface area contributed by atoms with Gasteiger partial charge in [-0.15, -0.1) is 0 Å². The van der Waals surface area contributed by atoms with Gasteiger partial charge in [-0.25, -0.2) is 0 Å². The first-order chi connectivity index (χ1) is 7.18. The zero-order valence-electron chi connectivity index (χ0n) is 8.99.